The third-order valence-electron chi connectivity index (χ3n) is 6.21. The number of nitrogens with zero attached hydrogens (tertiary/aromatic N) is 3. The summed E-state index contributed by atoms with van der Waals surface area (Å²) >= 11 is 0. The molecule has 178 valence electrons. The zero-order chi connectivity index (χ0) is 25.0. The second-order valence-electron chi connectivity index (χ2n) is 9.66. The van der Waals surface area contributed by atoms with Crippen molar-refractivity contribution in [3.8, 4) is 0 Å². The molecule has 1 aliphatic rings. The van der Waals surface area contributed by atoms with E-state index in [1.54, 1.807) is 24.3 Å². The molecule has 33 heavy (non-hydrogen) atoms. The Kier molecular flexibility index (Phi) is 8.18. The highest BCUT2D eigenvalue weighted by atomic mass is 28.4. The molecule has 0 unspecified atom stereocenters. The maximum Gasteiger partial charge on any atom is 0.360 e. The summed E-state index contributed by atoms with van der Waals surface area (Å²) in [7, 11) is -2.11. The molecule has 2 N–H and O–H groups in total. The van der Waals surface area contributed by atoms with Crippen LogP contribution in [0.5, 0.6) is 0 Å². The molecule has 0 aromatic heterocycles. The minimum absolute atomic E-state index is 0.0259. The Hall–Kier alpha value is -3.01. The molecule has 1 aliphatic heterocycles. The zero-order valence-corrected chi connectivity index (χ0v) is 20.8. The largest absolute Gasteiger partial charge is 0.456 e. The molecule has 1 aromatic rings. The fraction of sp³-hybridized carbons (Fsp3) is 0.545. The van der Waals surface area contributed by atoms with Gasteiger partial charge in [-0.05, 0) is 36.2 Å². The molecular formula is C22H31N5O5Si. The lowest BCUT2D eigenvalue weighted by Crippen LogP contribution is -2.64. The molecule has 0 radical (unpaired) electrons. The molecule has 1 heterocycles. The second-order valence-corrected chi connectivity index (χ2v) is 14.4. The third kappa shape index (κ3) is 6.50. The van der Waals surface area contributed by atoms with Gasteiger partial charge in [-0.2, -0.15) is 0 Å². The van der Waals surface area contributed by atoms with E-state index in [4.69, 9.17) is 20.1 Å². The van der Waals surface area contributed by atoms with E-state index in [-0.39, 0.29) is 30.1 Å². The standard InChI is InChI=1S/C22H31N5O5Si/c1-13(32-33(5,6)22(2,3)4)18-16(25-20(18)29)11-17(28)19(23)21(30)31-12-14-7-9-15(10-8-14)26-27-24/h7-10,13,16,18,23H,11-12H2,1-6H3,(H,25,29)/t13-,16-,18-/m1/s1. The number of nitrogens with one attached hydrogen (secondary N) is 2. The second kappa shape index (κ2) is 10.3. The maximum atomic E-state index is 12.5. The van der Waals surface area contributed by atoms with Gasteiger partial charge >= 0.3 is 5.97 Å². The molecule has 0 saturated carbocycles. The van der Waals surface area contributed by atoms with Crippen LogP contribution < -0.4 is 5.32 Å². The number of ether oxygens (including phenoxy) is 1. The topological polar surface area (TPSA) is 154 Å². The van der Waals surface area contributed by atoms with Crippen molar-refractivity contribution in [3.05, 3.63) is 40.3 Å². The normalized spacial score (nSPS) is 18.9. The number of amides is 1. The lowest BCUT2D eigenvalue weighted by atomic mass is 9.82. The van der Waals surface area contributed by atoms with Gasteiger partial charge in [0.15, 0.2) is 19.8 Å². The highest BCUT2D eigenvalue weighted by Crippen LogP contribution is 2.39. The van der Waals surface area contributed by atoms with Crippen LogP contribution in [0.3, 0.4) is 0 Å². The van der Waals surface area contributed by atoms with Crippen LogP contribution in [0.25, 0.3) is 10.4 Å². The third-order valence-corrected chi connectivity index (χ3v) is 10.8. The smallest absolute Gasteiger partial charge is 0.360 e. The number of Topliss-reactive ketones (excluding diaryl/α,β-unsaturated/α-hetero) is 1. The van der Waals surface area contributed by atoms with Gasteiger partial charge in [0.2, 0.25) is 5.91 Å². The molecule has 0 bridgehead atoms. The molecule has 10 nitrogen and oxygen atoms in total. The number of benzene rings is 1. The van der Waals surface area contributed by atoms with Crippen LogP contribution >= 0.6 is 0 Å². The molecule has 11 heteroatoms. The van der Waals surface area contributed by atoms with Gasteiger partial charge < -0.3 is 14.5 Å². The van der Waals surface area contributed by atoms with Gasteiger partial charge in [0.05, 0.1) is 18.1 Å². The predicted octanol–water partition coefficient (Wildman–Crippen LogP) is 4.18. The number of rotatable bonds is 10. The Morgan fingerprint density at radius 3 is 2.39 bits per heavy atom. The minimum atomic E-state index is -2.11. The fourth-order valence-electron chi connectivity index (χ4n) is 3.24. The van der Waals surface area contributed by atoms with Crippen LogP contribution in [0.2, 0.25) is 18.1 Å². The Bertz CT molecular complexity index is 980. The van der Waals surface area contributed by atoms with Crippen molar-refractivity contribution in [2.75, 3.05) is 0 Å². The monoisotopic (exact) mass is 473 g/mol. The van der Waals surface area contributed by atoms with Gasteiger partial charge in [-0.25, -0.2) is 4.79 Å². The summed E-state index contributed by atoms with van der Waals surface area (Å²) in [5.74, 6) is -2.45. The van der Waals surface area contributed by atoms with Crippen LogP contribution in [0, 0.1) is 11.3 Å². The van der Waals surface area contributed by atoms with E-state index < -0.39 is 37.7 Å². The Morgan fingerprint density at radius 2 is 1.88 bits per heavy atom. The van der Waals surface area contributed by atoms with Crippen molar-refractivity contribution < 1.29 is 23.5 Å². The van der Waals surface area contributed by atoms with Crippen LogP contribution in [0.15, 0.2) is 29.4 Å². The molecular weight excluding hydrogens is 442 g/mol. The van der Waals surface area contributed by atoms with Gasteiger partial charge in [0.1, 0.15) is 6.61 Å². The first-order valence-electron chi connectivity index (χ1n) is 10.7. The van der Waals surface area contributed by atoms with Crippen LogP contribution in [0.4, 0.5) is 5.69 Å². The number of azide groups is 1. The number of esters is 1. The summed E-state index contributed by atoms with van der Waals surface area (Å²) in [5.41, 5.74) is 8.68. The van der Waals surface area contributed by atoms with E-state index in [9.17, 15) is 14.4 Å². The molecule has 3 atom stereocenters. The van der Waals surface area contributed by atoms with Crippen molar-refractivity contribution in [1.82, 2.24) is 5.32 Å². The summed E-state index contributed by atoms with van der Waals surface area (Å²) in [4.78, 5) is 39.5. The Morgan fingerprint density at radius 1 is 1.27 bits per heavy atom. The van der Waals surface area contributed by atoms with E-state index in [1.807, 2.05) is 6.92 Å². The summed E-state index contributed by atoms with van der Waals surface area (Å²) in [5, 5.41) is 14.0. The van der Waals surface area contributed by atoms with Gasteiger partial charge in [-0.3, -0.25) is 15.0 Å². The Balaban J connectivity index is 1.91. The van der Waals surface area contributed by atoms with E-state index in [0.717, 1.165) is 0 Å². The van der Waals surface area contributed by atoms with E-state index >= 15 is 0 Å². The minimum Gasteiger partial charge on any atom is -0.456 e. The Labute approximate surface area is 194 Å². The maximum absolute atomic E-state index is 12.5. The first kappa shape index (κ1) is 26.2. The first-order valence-corrected chi connectivity index (χ1v) is 13.6. The van der Waals surface area contributed by atoms with Crippen molar-refractivity contribution in [2.24, 2.45) is 11.0 Å². The number of carbonyl (C=O) groups is 3. The van der Waals surface area contributed by atoms with Gasteiger partial charge in [0, 0.05) is 17.0 Å². The summed E-state index contributed by atoms with van der Waals surface area (Å²) < 4.78 is 11.4. The first-order chi connectivity index (χ1) is 15.3. The predicted molar refractivity (Wildman–Crippen MR) is 126 cm³/mol. The highest BCUT2D eigenvalue weighted by molar-refractivity contribution is 6.74. The quantitative estimate of drug-likeness (QED) is 0.0762. The fourth-order valence-corrected chi connectivity index (χ4v) is 4.67. The van der Waals surface area contributed by atoms with E-state index in [0.29, 0.717) is 11.3 Å². The molecule has 0 spiro atoms. The molecule has 1 aromatic carbocycles. The molecule has 0 aliphatic carbocycles. The van der Waals surface area contributed by atoms with Gasteiger partial charge in [0.25, 0.3) is 0 Å². The van der Waals surface area contributed by atoms with E-state index in [1.165, 1.54) is 0 Å². The molecule has 2 rings (SSSR count). The number of carbonyl (C=O) groups excluding carboxylic acids is 3. The summed E-state index contributed by atoms with van der Waals surface area (Å²) in [6, 6.07) is 5.85. The van der Waals surface area contributed by atoms with Crippen molar-refractivity contribution >= 4 is 37.4 Å². The van der Waals surface area contributed by atoms with Crippen molar-refractivity contribution in [1.29, 1.82) is 5.41 Å². The summed E-state index contributed by atoms with van der Waals surface area (Å²) in [6.07, 6.45) is -0.553. The van der Waals surface area contributed by atoms with Crippen LogP contribution in [-0.2, 0) is 30.2 Å². The lowest BCUT2D eigenvalue weighted by Gasteiger charge is -2.45. The lowest BCUT2D eigenvalue weighted by molar-refractivity contribution is -0.140. The van der Waals surface area contributed by atoms with Crippen LogP contribution in [-0.4, -0.2) is 43.8 Å². The number of β-lactam (4-membered cyclic amide) rings is 1. The highest BCUT2D eigenvalue weighted by Gasteiger charge is 2.48. The average molecular weight is 474 g/mol. The summed E-state index contributed by atoms with van der Waals surface area (Å²) in [6.45, 7) is 12.2. The van der Waals surface area contributed by atoms with Crippen molar-refractivity contribution in [3.63, 3.8) is 0 Å². The van der Waals surface area contributed by atoms with Gasteiger partial charge in [-0.1, -0.05) is 50.2 Å². The SMILES string of the molecule is C[C@@H](O[Si](C)(C)C(C)(C)C)[C@H]1C(=O)N[C@@H]1CC(=O)C(=N)C(=O)OCc1ccc(N=[N+]=[N-])cc1. The molecule has 1 fully saturated rings. The van der Waals surface area contributed by atoms with E-state index in [2.05, 4.69) is 49.2 Å². The molecule has 1 saturated heterocycles. The van der Waals surface area contributed by atoms with Gasteiger partial charge in [-0.15, -0.1) is 0 Å². The number of hydrogen-bond donors (Lipinski definition) is 2. The average Bonchev–Trinajstić information content (AvgIpc) is 2.70. The zero-order valence-electron chi connectivity index (χ0n) is 19.8. The number of ketones is 1. The molecule has 1 amide bonds. The van der Waals surface area contributed by atoms with Crippen molar-refractivity contribution in [2.45, 2.75) is 71.0 Å². The van der Waals surface area contributed by atoms with Crippen LogP contribution in [0.1, 0.15) is 39.7 Å². The number of hydrogen-bond acceptors (Lipinski definition) is 7.